The standard InChI is InChI=1S/C42H26N2/c1-2-11-30(12-3-1)43-37-21-18-31-34-23-28-7-4-5-8-29(28)24-35(34)32-19-22-38(42(37)41(31)32)44(43)36-20-16-27-14-13-25-9-6-10-26-15-17-33(36)40(27)39(25)26/h1-2,4-11,13-24H,3,12H2. The van der Waals surface area contributed by atoms with E-state index in [1.165, 1.54) is 97.8 Å². The van der Waals surface area contributed by atoms with Crippen LogP contribution in [0.25, 0.3) is 97.8 Å². The van der Waals surface area contributed by atoms with Crippen LogP contribution in [0.5, 0.6) is 0 Å². The quantitative estimate of drug-likeness (QED) is 0.187. The third-order valence-corrected chi connectivity index (χ3v) is 10.2. The highest BCUT2D eigenvalue weighted by molar-refractivity contribution is 6.36. The summed E-state index contributed by atoms with van der Waals surface area (Å²) < 4.78 is 5.02. The minimum atomic E-state index is 1.01. The summed E-state index contributed by atoms with van der Waals surface area (Å²) in [6.45, 7) is 0. The Morgan fingerprint density at radius 3 is 1.75 bits per heavy atom. The minimum Gasteiger partial charge on any atom is -0.252 e. The van der Waals surface area contributed by atoms with Crippen molar-refractivity contribution in [3.8, 4) is 5.69 Å². The summed E-state index contributed by atoms with van der Waals surface area (Å²) in [6.07, 6.45) is 8.87. The van der Waals surface area contributed by atoms with Crippen LogP contribution < -0.4 is 0 Å². The van der Waals surface area contributed by atoms with Gasteiger partial charge in [-0.25, -0.2) is 4.68 Å². The fraction of sp³-hybridized carbons (Fsp3) is 0.0476. The average Bonchev–Trinajstić information content (AvgIpc) is 3.58. The molecule has 0 aliphatic heterocycles. The fourth-order valence-electron chi connectivity index (χ4n) is 8.35. The Kier molecular flexibility index (Phi) is 4.20. The molecule has 9 aromatic carbocycles. The van der Waals surface area contributed by atoms with Gasteiger partial charge in [0.1, 0.15) is 0 Å². The lowest BCUT2D eigenvalue weighted by atomic mass is 9.93. The van der Waals surface area contributed by atoms with E-state index < -0.39 is 0 Å². The molecule has 1 aliphatic rings. The maximum absolute atomic E-state index is 2.51. The Labute approximate surface area is 253 Å². The molecule has 1 heterocycles. The van der Waals surface area contributed by atoms with Gasteiger partial charge in [-0.2, -0.15) is 0 Å². The van der Waals surface area contributed by atoms with E-state index in [4.69, 9.17) is 0 Å². The van der Waals surface area contributed by atoms with Crippen LogP contribution in [0.2, 0.25) is 0 Å². The SMILES string of the molecule is C1=CCCC(n2c3ccc4c5cc6ccccc6cc5c5ccc(c3c45)n2-c2ccc3ccc4cccc5ccc2c3c45)=C1. The van der Waals surface area contributed by atoms with Gasteiger partial charge in [0.05, 0.1) is 16.7 Å². The zero-order valence-corrected chi connectivity index (χ0v) is 24.0. The van der Waals surface area contributed by atoms with Crippen LogP contribution in [-0.2, 0) is 0 Å². The summed E-state index contributed by atoms with van der Waals surface area (Å²) in [5, 5.41) is 18.6. The van der Waals surface area contributed by atoms with Gasteiger partial charge in [0.2, 0.25) is 0 Å². The van der Waals surface area contributed by atoms with E-state index in [1.54, 1.807) is 0 Å². The molecule has 10 aromatic rings. The lowest BCUT2D eigenvalue weighted by Crippen LogP contribution is -2.12. The number of hydrogen-bond acceptors (Lipinski definition) is 0. The first kappa shape index (κ1) is 22.9. The molecule has 2 heteroatoms. The van der Waals surface area contributed by atoms with E-state index in [-0.39, 0.29) is 0 Å². The Bertz CT molecular complexity index is 2800. The number of nitrogens with zero attached hydrogens (tertiary/aromatic N) is 2. The molecule has 1 aromatic heterocycles. The van der Waals surface area contributed by atoms with Crippen molar-refractivity contribution in [1.82, 2.24) is 9.36 Å². The van der Waals surface area contributed by atoms with Crippen molar-refractivity contribution >= 4 is 92.1 Å². The highest BCUT2D eigenvalue weighted by Crippen LogP contribution is 2.46. The van der Waals surface area contributed by atoms with Crippen LogP contribution in [-0.4, -0.2) is 9.36 Å². The predicted molar refractivity (Wildman–Crippen MR) is 189 cm³/mol. The molecule has 11 rings (SSSR count). The normalized spacial score (nSPS) is 14.2. The van der Waals surface area contributed by atoms with Crippen molar-refractivity contribution < 1.29 is 0 Å². The van der Waals surface area contributed by atoms with E-state index in [1.807, 2.05) is 0 Å². The van der Waals surface area contributed by atoms with Crippen LogP contribution in [0.15, 0.2) is 133 Å². The second-order valence-corrected chi connectivity index (χ2v) is 12.4. The van der Waals surface area contributed by atoms with Crippen molar-refractivity contribution in [3.63, 3.8) is 0 Å². The first-order valence-corrected chi connectivity index (χ1v) is 15.6. The predicted octanol–water partition coefficient (Wildman–Crippen LogP) is 11.6. The molecular formula is C42H26N2. The van der Waals surface area contributed by atoms with Crippen molar-refractivity contribution in [1.29, 1.82) is 0 Å². The van der Waals surface area contributed by atoms with Gasteiger partial charge in [-0.3, -0.25) is 4.68 Å². The second-order valence-electron chi connectivity index (χ2n) is 12.4. The van der Waals surface area contributed by atoms with Crippen LogP contribution in [0, 0.1) is 0 Å². The van der Waals surface area contributed by atoms with Crippen LogP contribution in [0.1, 0.15) is 12.8 Å². The van der Waals surface area contributed by atoms with E-state index in [0.717, 1.165) is 12.8 Å². The van der Waals surface area contributed by atoms with Gasteiger partial charge in [0.15, 0.2) is 0 Å². The Balaban J connectivity index is 1.34. The summed E-state index contributed by atoms with van der Waals surface area (Å²) in [5.74, 6) is 0. The lowest BCUT2D eigenvalue weighted by Gasteiger charge is -2.21. The highest BCUT2D eigenvalue weighted by Gasteiger charge is 2.24. The molecule has 0 unspecified atom stereocenters. The smallest absolute Gasteiger partial charge is 0.0737 e. The first-order chi connectivity index (χ1) is 21.8. The zero-order valence-electron chi connectivity index (χ0n) is 24.0. The molecule has 44 heavy (non-hydrogen) atoms. The average molecular weight is 559 g/mol. The summed E-state index contributed by atoms with van der Waals surface area (Å²) in [6, 6.07) is 43.5. The molecule has 1 aliphatic carbocycles. The van der Waals surface area contributed by atoms with Crippen molar-refractivity contribution in [2.24, 2.45) is 0 Å². The number of aromatic nitrogens is 2. The summed E-state index contributed by atoms with van der Waals surface area (Å²) in [4.78, 5) is 0. The maximum Gasteiger partial charge on any atom is 0.0737 e. The molecule has 0 amide bonds. The number of fused-ring (bicyclic) bond motifs is 4. The molecule has 204 valence electrons. The zero-order chi connectivity index (χ0) is 28.5. The largest absolute Gasteiger partial charge is 0.252 e. The summed E-state index contributed by atoms with van der Waals surface area (Å²) in [5.41, 5.74) is 5.07. The highest BCUT2D eigenvalue weighted by atomic mass is 15.4. The Morgan fingerprint density at radius 1 is 0.432 bits per heavy atom. The Morgan fingerprint density at radius 2 is 1.05 bits per heavy atom. The molecule has 2 nitrogen and oxygen atoms in total. The summed E-state index contributed by atoms with van der Waals surface area (Å²) >= 11 is 0. The molecule has 0 saturated heterocycles. The minimum absolute atomic E-state index is 1.01. The van der Waals surface area contributed by atoms with Crippen molar-refractivity contribution in [2.45, 2.75) is 12.8 Å². The van der Waals surface area contributed by atoms with Gasteiger partial charge < -0.3 is 0 Å². The van der Waals surface area contributed by atoms with Gasteiger partial charge in [-0.1, -0.05) is 97.1 Å². The van der Waals surface area contributed by atoms with Crippen LogP contribution in [0.4, 0.5) is 0 Å². The Hall–Kier alpha value is -5.60. The topological polar surface area (TPSA) is 9.86 Å². The van der Waals surface area contributed by atoms with Crippen LogP contribution in [0.3, 0.4) is 0 Å². The van der Waals surface area contributed by atoms with Gasteiger partial charge in [-0.05, 0) is 108 Å². The second kappa shape index (κ2) is 8.06. The third kappa shape index (κ3) is 2.77. The van der Waals surface area contributed by atoms with Gasteiger partial charge >= 0.3 is 0 Å². The molecule has 0 atom stereocenters. The molecule has 0 spiro atoms. The van der Waals surface area contributed by atoms with E-state index >= 15 is 0 Å². The molecule has 0 N–H and O–H groups in total. The van der Waals surface area contributed by atoms with E-state index in [0.29, 0.717) is 0 Å². The first-order valence-electron chi connectivity index (χ1n) is 15.6. The van der Waals surface area contributed by atoms with Gasteiger partial charge in [-0.15, -0.1) is 0 Å². The van der Waals surface area contributed by atoms with Gasteiger partial charge in [0, 0.05) is 21.9 Å². The van der Waals surface area contributed by atoms with E-state index in [9.17, 15) is 0 Å². The third-order valence-electron chi connectivity index (χ3n) is 10.2. The number of hydrogen-bond donors (Lipinski definition) is 0. The molecule has 0 bridgehead atoms. The monoisotopic (exact) mass is 558 g/mol. The number of rotatable bonds is 2. The number of benzene rings is 8. The van der Waals surface area contributed by atoms with Crippen LogP contribution >= 0.6 is 0 Å². The number of allylic oxidation sites excluding steroid dienone is 4. The lowest BCUT2D eigenvalue weighted by molar-refractivity contribution is 0.771. The molecule has 0 saturated carbocycles. The molecule has 0 fully saturated rings. The molecular weight excluding hydrogens is 532 g/mol. The molecule has 0 radical (unpaired) electrons. The summed E-state index contributed by atoms with van der Waals surface area (Å²) in [7, 11) is 0. The maximum atomic E-state index is 2.51. The van der Waals surface area contributed by atoms with Crippen molar-refractivity contribution in [3.05, 3.63) is 133 Å². The fourth-order valence-corrected chi connectivity index (χ4v) is 8.35. The van der Waals surface area contributed by atoms with E-state index in [2.05, 4.69) is 143 Å². The van der Waals surface area contributed by atoms with Crippen molar-refractivity contribution in [2.75, 3.05) is 0 Å². The van der Waals surface area contributed by atoms with Gasteiger partial charge in [0.25, 0.3) is 0 Å².